The van der Waals surface area contributed by atoms with Gasteiger partial charge in [-0.05, 0) is 75.4 Å². The molecule has 174 valence electrons. The van der Waals surface area contributed by atoms with Crippen LogP contribution in [0.3, 0.4) is 0 Å². The van der Waals surface area contributed by atoms with Crippen LogP contribution >= 0.6 is 0 Å². The summed E-state index contributed by atoms with van der Waals surface area (Å²) in [6.07, 6.45) is -3.75. The molecule has 3 aromatic rings. The molecule has 0 spiro atoms. The largest absolute Gasteiger partial charge is 0.457 e. The Hall–Kier alpha value is -3.39. The third kappa shape index (κ3) is 6.79. The van der Waals surface area contributed by atoms with Crippen LogP contribution in [0.15, 0.2) is 60.7 Å². The van der Waals surface area contributed by atoms with E-state index in [4.69, 9.17) is 9.47 Å². The number of nitrogens with zero attached hydrogens (tertiary/aromatic N) is 1. The van der Waals surface area contributed by atoms with Crippen molar-refractivity contribution in [3.63, 3.8) is 0 Å². The van der Waals surface area contributed by atoms with Crippen LogP contribution in [0.4, 0.5) is 18.9 Å². The summed E-state index contributed by atoms with van der Waals surface area (Å²) >= 11 is 0. The van der Waals surface area contributed by atoms with Crippen molar-refractivity contribution in [1.82, 2.24) is 4.98 Å². The van der Waals surface area contributed by atoms with Crippen molar-refractivity contribution in [2.45, 2.75) is 39.5 Å². The van der Waals surface area contributed by atoms with Gasteiger partial charge < -0.3 is 14.8 Å². The molecule has 0 fully saturated rings. The summed E-state index contributed by atoms with van der Waals surface area (Å²) in [5.74, 6) is 0.107. The maximum Gasteiger partial charge on any atom is 0.416 e. The van der Waals surface area contributed by atoms with Crippen molar-refractivity contribution in [2.24, 2.45) is 0 Å². The fourth-order valence-corrected chi connectivity index (χ4v) is 3.28. The highest BCUT2D eigenvalue weighted by atomic mass is 19.4. The predicted molar refractivity (Wildman–Crippen MR) is 120 cm³/mol. The van der Waals surface area contributed by atoms with Gasteiger partial charge in [0, 0.05) is 24.4 Å². The molecule has 8 heteroatoms. The summed E-state index contributed by atoms with van der Waals surface area (Å²) in [6, 6.07) is 14.5. The average molecular weight is 458 g/mol. The van der Waals surface area contributed by atoms with Gasteiger partial charge in [-0.15, -0.1) is 0 Å². The van der Waals surface area contributed by atoms with Gasteiger partial charge in [0.15, 0.2) is 0 Å². The summed E-state index contributed by atoms with van der Waals surface area (Å²) in [5, 5.41) is 2.79. The molecule has 1 atom stereocenters. The number of hydrogen-bond acceptors (Lipinski definition) is 4. The number of carbonyl (C=O) groups is 1. The van der Waals surface area contributed by atoms with Gasteiger partial charge in [0.2, 0.25) is 0 Å². The number of aromatic nitrogens is 1. The van der Waals surface area contributed by atoms with Crippen LogP contribution in [0.2, 0.25) is 0 Å². The molecule has 0 bridgehead atoms. The van der Waals surface area contributed by atoms with Gasteiger partial charge in [-0.1, -0.05) is 6.07 Å². The van der Waals surface area contributed by atoms with E-state index < -0.39 is 11.7 Å². The SMILES string of the molecule is CCOC(C)Cc1ccc(C(=O)Nc2ccc(Oc3cccc(C(F)(F)F)c3)cc2)c(C)n1. The molecule has 3 rings (SSSR count). The molecular weight excluding hydrogens is 433 g/mol. The zero-order valence-corrected chi connectivity index (χ0v) is 18.6. The van der Waals surface area contributed by atoms with Gasteiger partial charge in [0.25, 0.3) is 5.91 Å². The summed E-state index contributed by atoms with van der Waals surface area (Å²) < 4.78 is 49.6. The fraction of sp³-hybridized carbons (Fsp3) is 0.280. The van der Waals surface area contributed by atoms with E-state index in [1.807, 2.05) is 19.9 Å². The Kier molecular flexibility index (Phi) is 7.71. The number of benzene rings is 2. The number of hydrogen-bond donors (Lipinski definition) is 1. The van der Waals surface area contributed by atoms with E-state index in [2.05, 4.69) is 10.3 Å². The van der Waals surface area contributed by atoms with E-state index in [9.17, 15) is 18.0 Å². The topological polar surface area (TPSA) is 60.5 Å². The zero-order chi connectivity index (χ0) is 24.0. The van der Waals surface area contributed by atoms with E-state index in [-0.39, 0.29) is 17.8 Å². The number of ether oxygens (including phenoxy) is 2. The Labute approximate surface area is 190 Å². The minimum atomic E-state index is -4.44. The van der Waals surface area contributed by atoms with Crippen LogP contribution < -0.4 is 10.1 Å². The first-order chi connectivity index (χ1) is 15.7. The normalized spacial score (nSPS) is 12.3. The molecule has 0 aliphatic carbocycles. The standard InChI is InChI=1S/C25H25F3N2O3/c1-4-32-16(2)14-20-10-13-23(17(3)29-20)24(31)30-19-8-11-21(12-9-19)33-22-7-5-6-18(15-22)25(26,27)28/h5-13,15-16H,4,14H2,1-3H3,(H,30,31). The van der Waals surface area contributed by atoms with Gasteiger partial charge in [0.1, 0.15) is 11.5 Å². The maximum atomic E-state index is 12.9. The van der Waals surface area contributed by atoms with Crippen molar-refractivity contribution >= 4 is 11.6 Å². The van der Waals surface area contributed by atoms with Crippen molar-refractivity contribution in [2.75, 3.05) is 11.9 Å². The predicted octanol–water partition coefficient (Wildman–Crippen LogP) is 6.42. The second kappa shape index (κ2) is 10.5. The van der Waals surface area contributed by atoms with E-state index >= 15 is 0 Å². The van der Waals surface area contributed by atoms with Crippen molar-refractivity contribution < 1.29 is 27.4 Å². The lowest BCUT2D eigenvalue weighted by atomic mass is 10.1. The molecular formula is C25H25F3N2O3. The number of pyridine rings is 1. The Bertz CT molecular complexity index is 1100. The quantitative estimate of drug-likeness (QED) is 0.423. The molecule has 33 heavy (non-hydrogen) atoms. The average Bonchev–Trinajstić information content (AvgIpc) is 2.75. The Morgan fingerprint density at radius 3 is 2.42 bits per heavy atom. The van der Waals surface area contributed by atoms with E-state index in [0.717, 1.165) is 17.8 Å². The number of anilines is 1. The Morgan fingerprint density at radius 1 is 1.06 bits per heavy atom. The number of rotatable bonds is 8. The van der Waals surface area contributed by atoms with Crippen LogP contribution in [0.25, 0.3) is 0 Å². The van der Waals surface area contributed by atoms with Crippen LogP contribution in [0.5, 0.6) is 11.5 Å². The van der Waals surface area contributed by atoms with Gasteiger partial charge in [-0.2, -0.15) is 13.2 Å². The molecule has 1 heterocycles. The molecule has 1 amide bonds. The van der Waals surface area contributed by atoms with E-state index in [1.54, 1.807) is 37.3 Å². The minimum absolute atomic E-state index is 0.0400. The zero-order valence-electron chi connectivity index (χ0n) is 18.6. The second-order valence-corrected chi connectivity index (χ2v) is 7.51. The lowest BCUT2D eigenvalue weighted by Gasteiger charge is -2.13. The van der Waals surface area contributed by atoms with Gasteiger partial charge >= 0.3 is 6.18 Å². The van der Waals surface area contributed by atoms with Crippen LogP contribution in [0.1, 0.15) is 41.2 Å². The van der Waals surface area contributed by atoms with E-state index in [0.29, 0.717) is 35.7 Å². The molecule has 1 unspecified atom stereocenters. The molecule has 0 radical (unpaired) electrons. The van der Waals surface area contributed by atoms with Gasteiger partial charge in [0.05, 0.1) is 22.9 Å². The number of nitrogens with one attached hydrogen (secondary N) is 1. The molecule has 0 aliphatic heterocycles. The fourth-order valence-electron chi connectivity index (χ4n) is 3.28. The molecule has 0 saturated heterocycles. The monoisotopic (exact) mass is 458 g/mol. The number of halogens is 3. The number of amides is 1. The smallest absolute Gasteiger partial charge is 0.416 e. The van der Waals surface area contributed by atoms with Crippen molar-refractivity contribution in [1.29, 1.82) is 0 Å². The molecule has 0 aliphatic rings. The van der Waals surface area contributed by atoms with Crippen LogP contribution in [-0.2, 0) is 17.3 Å². The molecule has 0 saturated carbocycles. The van der Waals surface area contributed by atoms with Gasteiger partial charge in [-0.3, -0.25) is 9.78 Å². The highest BCUT2D eigenvalue weighted by molar-refractivity contribution is 6.05. The first kappa shape index (κ1) is 24.3. The first-order valence-electron chi connectivity index (χ1n) is 10.5. The number of aryl methyl sites for hydroxylation is 1. The third-order valence-corrected chi connectivity index (χ3v) is 4.85. The highest BCUT2D eigenvalue weighted by Crippen LogP contribution is 2.33. The molecule has 1 aromatic heterocycles. The highest BCUT2D eigenvalue weighted by Gasteiger charge is 2.30. The molecule has 2 aromatic carbocycles. The van der Waals surface area contributed by atoms with Gasteiger partial charge in [-0.25, -0.2) is 0 Å². The Morgan fingerprint density at radius 2 is 1.79 bits per heavy atom. The maximum absolute atomic E-state index is 12.9. The van der Waals surface area contributed by atoms with Crippen molar-refractivity contribution in [3.8, 4) is 11.5 Å². The lowest BCUT2D eigenvalue weighted by Crippen LogP contribution is -2.16. The first-order valence-corrected chi connectivity index (χ1v) is 10.5. The molecule has 1 N–H and O–H groups in total. The lowest BCUT2D eigenvalue weighted by molar-refractivity contribution is -0.137. The summed E-state index contributed by atoms with van der Waals surface area (Å²) in [6.45, 7) is 6.31. The summed E-state index contributed by atoms with van der Waals surface area (Å²) in [5.41, 5.74) is 1.64. The number of alkyl halides is 3. The molecule has 5 nitrogen and oxygen atoms in total. The van der Waals surface area contributed by atoms with Crippen LogP contribution in [-0.4, -0.2) is 23.6 Å². The minimum Gasteiger partial charge on any atom is -0.457 e. The van der Waals surface area contributed by atoms with E-state index in [1.165, 1.54) is 12.1 Å². The van der Waals surface area contributed by atoms with Crippen LogP contribution in [0, 0.1) is 6.92 Å². The summed E-state index contributed by atoms with van der Waals surface area (Å²) in [4.78, 5) is 17.2. The summed E-state index contributed by atoms with van der Waals surface area (Å²) in [7, 11) is 0. The Balaban J connectivity index is 1.63. The van der Waals surface area contributed by atoms with Crippen molar-refractivity contribution in [3.05, 3.63) is 83.2 Å². The number of carbonyl (C=O) groups excluding carboxylic acids is 1. The second-order valence-electron chi connectivity index (χ2n) is 7.51. The third-order valence-electron chi connectivity index (χ3n) is 4.85.